The molecule has 9 aromatic rings. The molecule has 2 heterocycles. The molecule has 3 nitrogen and oxygen atoms in total. The van der Waals surface area contributed by atoms with Crippen molar-refractivity contribution in [2.45, 2.75) is 0 Å². The standard InChI is InChI=1S/C44H31N3Si/c1-4-18-33(19-5-1)48(34-20-6-2-7-21-34,35-22-8-3-9-23-35)36-24-16-17-32(31-36)43-39-27-10-13-28-40(39)45-44(46-43)47-41-29-14-11-25-37(41)38-26-12-15-30-42(38)47/h1-31H. The molecule has 0 saturated heterocycles. The maximum absolute atomic E-state index is 5.42. The van der Waals surface area contributed by atoms with Gasteiger partial charge in [-0.3, -0.25) is 4.57 Å². The Balaban J connectivity index is 1.34. The summed E-state index contributed by atoms with van der Waals surface area (Å²) in [6, 6.07) is 67.7. The molecule has 226 valence electrons. The second-order valence-electron chi connectivity index (χ2n) is 12.2. The van der Waals surface area contributed by atoms with Crippen LogP contribution in [0.15, 0.2) is 188 Å². The Morgan fingerprint density at radius 2 is 0.833 bits per heavy atom. The first kappa shape index (κ1) is 28.1. The lowest BCUT2D eigenvalue weighted by Gasteiger charge is -2.34. The van der Waals surface area contributed by atoms with Crippen molar-refractivity contribution in [1.82, 2.24) is 14.5 Å². The molecule has 9 rings (SSSR count). The van der Waals surface area contributed by atoms with Gasteiger partial charge in [-0.25, -0.2) is 9.97 Å². The molecule has 0 spiro atoms. The van der Waals surface area contributed by atoms with Crippen LogP contribution in [0.3, 0.4) is 0 Å². The molecule has 0 amide bonds. The Morgan fingerprint density at radius 1 is 0.375 bits per heavy atom. The van der Waals surface area contributed by atoms with Crippen molar-refractivity contribution in [2.24, 2.45) is 0 Å². The van der Waals surface area contributed by atoms with Gasteiger partial charge in [0.2, 0.25) is 5.95 Å². The molecular weight excluding hydrogens is 599 g/mol. The summed E-state index contributed by atoms with van der Waals surface area (Å²) in [4.78, 5) is 10.6. The highest BCUT2D eigenvalue weighted by molar-refractivity contribution is 7.19. The minimum absolute atomic E-state index is 0.671. The highest BCUT2D eigenvalue weighted by Crippen LogP contribution is 2.33. The molecule has 0 N–H and O–H groups in total. The number of rotatable bonds is 6. The van der Waals surface area contributed by atoms with Gasteiger partial charge in [0.1, 0.15) is 0 Å². The fourth-order valence-electron chi connectivity index (χ4n) is 7.49. The van der Waals surface area contributed by atoms with Crippen LogP contribution in [-0.4, -0.2) is 22.6 Å². The first-order valence-electron chi connectivity index (χ1n) is 16.4. The van der Waals surface area contributed by atoms with E-state index in [2.05, 4.69) is 193 Å². The number of hydrogen-bond acceptors (Lipinski definition) is 2. The van der Waals surface area contributed by atoms with E-state index in [0.29, 0.717) is 5.95 Å². The molecule has 0 fully saturated rings. The molecule has 2 aromatic heterocycles. The maximum atomic E-state index is 5.42. The predicted molar refractivity (Wildman–Crippen MR) is 203 cm³/mol. The second kappa shape index (κ2) is 11.6. The largest absolute Gasteiger partial charge is 0.278 e. The van der Waals surface area contributed by atoms with E-state index in [1.54, 1.807) is 0 Å². The summed E-state index contributed by atoms with van der Waals surface area (Å²) < 4.78 is 2.21. The van der Waals surface area contributed by atoms with E-state index in [9.17, 15) is 0 Å². The summed E-state index contributed by atoms with van der Waals surface area (Å²) in [6.07, 6.45) is 0. The third-order valence-electron chi connectivity index (χ3n) is 9.56. The average Bonchev–Trinajstić information content (AvgIpc) is 3.51. The zero-order valence-electron chi connectivity index (χ0n) is 26.2. The molecule has 0 radical (unpaired) electrons. The normalized spacial score (nSPS) is 11.8. The Morgan fingerprint density at radius 3 is 1.40 bits per heavy atom. The van der Waals surface area contributed by atoms with Crippen LogP contribution in [0.5, 0.6) is 0 Å². The Hall–Kier alpha value is -6.10. The summed E-state index contributed by atoms with van der Waals surface area (Å²) in [5, 5.41) is 8.76. The van der Waals surface area contributed by atoms with Crippen LogP contribution in [0, 0.1) is 0 Å². The van der Waals surface area contributed by atoms with Crippen LogP contribution in [0.4, 0.5) is 0 Å². The van der Waals surface area contributed by atoms with Crippen LogP contribution in [0.25, 0.3) is 49.9 Å². The lowest BCUT2D eigenvalue weighted by Crippen LogP contribution is -2.74. The predicted octanol–water partition coefficient (Wildman–Crippen LogP) is 7.77. The molecule has 0 aliphatic rings. The first-order chi connectivity index (χ1) is 23.8. The lowest BCUT2D eigenvalue weighted by molar-refractivity contribution is 1.01. The minimum atomic E-state index is -2.72. The molecule has 0 unspecified atom stereocenters. The maximum Gasteiger partial charge on any atom is 0.235 e. The van der Waals surface area contributed by atoms with Gasteiger partial charge in [0.15, 0.2) is 8.07 Å². The van der Waals surface area contributed by atoms with Crippen molar-refractivity contribution in [3.63, 3.8) is 0 Å². The van der Waals surface area contributed by atoms with Crippen molar-refractivity contribution in [2.75, 3.05) is 0 Å². The summed E-state index contributed by atoms with van der Waals surface area (Å²) in [7, 11) is -2.72. The van der Waals surface area contributed by atoms with Crippen LogP contribution in [0.2, 0.25) is 0 Å². The molecule has 4 heteroatoms. The van der Waals surface area contributed by atoms with E-state index >= 15 is 0 Å². The summed E-state index contributed by atoms with van der Waals surface area (Å²) in [5.41, 5.74) is 5.11. The second-order valence-corrected chi connectivity index (χ2v) is 16.0. The smallest absolute Gasteiger partial charge is 0.235 e. The fraction of sp³-hybridized carbons (Fsp3) is 0. The first-order valence-corrected chi connectivity index (χ1v) is 18.4. The van der Waals surface area contributed by atoms with Crippen molar-refractivity contribution in [3.8, 4) is 17.2 Å². The monoisotopic (exact) mass is 629 g/mol. The van der Waals surface area contributed by atoms with Gasteiger partial charge in [0.05, 0.1) is 22.2 Å². The van der Waals surface area contributed by atoms with E-state index in [4.69, 9.17) is 9.97 Å². The average molecular weight is 630 g/mol. The molecule has 0 saturated carbocycles. The summed E-state index contributed by atoms with van der Waals surface area (Å²) in [6.45, 7) is 0. The van der Waals surface area contributed by atoms with E-state index in [-0.39, 0.29) is 0 Å². The Bertz CT molecular complexity index is 2410. The van der Waals surface area contributed by atoms with Gasteiger partial charge in [-0.05, 0) is 38.9 Å². The van der Waals surface area contributed by atoms with Gasteiger partial charge in [0.25, 0.3) is 0 Å². The van der Waals surface area contributed by atoms with Crippen molar-refractivity contribution >= 4 is 61.5 Å². The number of fused-ring (bicyclic) bond motifs is 4. The lowest BCUT2D eigenvalue weighted by atomic mass is 10.1. The molecule has 7 aromatic carbocycles. The van der Waals surface area contributed by atoms with E-state index in [1.807, 2.05) is 0 Å². The summed E-state index contributed by atoms with van der Waals surface area (Å²) >= 11 is 0. The van der Waals surface area contributed by atoms with Gasteiger partial charge in [0, 0.05) is 21.7 Å². The number of nitrogens with zero attached hydrogens (tertiary/aromatic N) is 3. The molecule has 0 atom stereocenters. The Kier molecular flexibility index (Phi) is 6.80. The van der Waals surface area contributed by atoms with Crippen LogP contribution < -0.4 is 20.7 Å². The molecule has 0 aliphatic carbocycles. The van der Waals surface area contributed by atoms with Gasteiger partial charge in [-0.1, -0.05) is 170 Å². The summed E-state index contributed by atoms with van der Waals surface area (Å²) in [5.74, 6) is 0.671. The highest BCUT2D eigenvalue weighted by atomic mass is 28.3. The SMILES string of the molecule is c1ccc([Si](c2ccccc2)(c2ccccc2)c2cccc(-c3nc(-n4c5ccccc5c5ccccc54)nc4ccccc34)c2)cc1. The fourth-order valence-corrected chi connectivity index (χ4v) is 12.3. The highest BCUT2D eigenvalue weighted by Gasteiger charge is 2.41. The molecule has 0 bridgehead atoms. The van der Waals surface area contributed by atoms with Crippen LogP contribution in [-0.2, 0) is 0 Å². The number of benzene rings is 7. The van der Waals surface area contributed by atoms with Crippen LogP contribution >= 0.6 is 0 Å². The molecule has 0 aliphatic heterocycles. The number of aromatic nitrogens is 3. The zero-order chi connectivity index (χ0) is 31.9. The molecule has 48 heavy (non-hydrogen) atoms. The van der Waals surface area contributed by atoms with Gasteiger partial charge in [-0.15, -0.1) is 0 Å². The van der Waals surface area contributed by atoms with Gasteiger partial charge < -0.3 is 0 Å². The van der Waals surface area contributed by atoms with Crippen molar-refractivity contribution in [3.05, 3.63) is 188 Å². The third kappa shape index (κ3) is 4.42. The third-order valence-corrected chi connectivity index (χ3v) is 14.3. The van der Waals surface area contributed by atoms with E-state index in [0.717, 1.165) is 33.2 Å². The number of para-hydroxylation sites is 3. The van der Waals surface area contributed by atoms with Crippen molar-refractivity contribution < 1.29 is 0 Å². The Labute approximate surface area is 280 Å². The topological polar surface area (TPSA) is 30.7 Å². The van der Waals surface area contributed by atoms with Crippen molar-refractivity contribution in [1.29, 1.82) is 0 Å². The van der Waals surface area contributed by atoms with Crippen LogP contribution in [0.1, 0.15) is 0 Å². The molecular formula is C44H31N3Si. The minimum Gasteiger partial charge on any atom is -0.278 e. The quantitative estimate of drug-likeness (QED) is 0.139. The van der Waals surface area contributed by atoms with E-state index in [1.165, 1.54) is 31.5 Å². The van der Waals surface area contributed by atoms with Gasteiger partial charge >= 0.3 is 0 Å². The van der Waals surface area contributed by atoms with E-state index < -0.39 is 8.07 Å². The zero-order valence-corrected chi connectivity index (χ0v) is 27.2. The van der Waals surface area contributed by atoms with Gasteiger partial charge in [-0.2, -0.15) is 0 Å². The number of hydrogen-bond donors (Lipinski definition) is 0.